The Hall–Kier alpha value is -1.44. The lowest BCUT2D eigenvalue weighted by Crippen LogP contribution is -2.44. The highest BCUT2D eigenvalue weighted by atomic mass is 32.2. The largest absolute Gasteiger partial charge is 0.341 e. The topological polar surface area (TPSA) is 60.9 Å². The second-order valence-corrected chi connectivity index (χ2v) is 11.4. The van der Waals surface area contributed by atoms with Crippen molar-refractivity contribution < 1.29 is 13.2 Å². The Balaban J connectivity index is 1.25. The standard InChI is InChI=1S/C23H33N3O3S/c27-23-22(10-13-25(23)17-18-6-7-18)24-11-3-12-26(15-14-24)30(28,29)21-9-8-19-4-1-2-5-20(19)16-21/h8-9,16,18,22H,1-7,10-15,17H2/t22-/m1/s1. The van der Waals surface area contributed by atoms with Gasteiger partial charge in [0.15, 0.2) is 0 Å². The summed E-state index contributed by atoms with van der Waals surface area (Å²) in [4.78, 5) is 17.6. The minimum absolute atomic E-state index is 0.0600. The number of carbonyl (C=O) groups excluding carboxylic acids is 1. The zero-order chi connectivity index (χ0) is 20.7. The van der Waals surface area contributed by atoms with Gasteiger partial charge in [0.1, 0.15) is 0 Å². The van der Waals surface area contributed by atoms with Crippen LogP contribution in [0.15, 0.2) is 23.1 Å². The molecule has 1 aromatic carbocycles. The predicted molar refractivity (Wildman–Crippen MR) is 116 cm³/mol. The second-order valence-electron chi connectivity index (χ2n) is 9.46. The highest BCUT2D eigenvalue weighted by Crippen LogP contribution is 2.32. The van der Waals surface area contributed by atoms with E-state index < -0.39 is 10.0 Å². The predicted octanol–water partition coefficient (Wildman–Crippen LogP) is 2.27. The lowest BCUT2D eigenvalue weighted by Gasteiger charge is -2.26. The van der Waals surface area contributed by atoms with Gasteiger partial charge in [0.2, 0.25) is 15.9 Å². The van der Waals surface area contributed by atoms with Crippen LogP contribution in [0.2, 0.25) is 0 Å². The first kappa shape index (κ1) is 20.5. The number of hydrogen-bond acceptors (Lipinski definition) is 4. The minimum Gasteiger partial charge on any atom is -0.341 e. The number of amides is 1. The summed E-state index contributed by atoms with van der Waals surface area (Å²) in [7, 11) is -3.49. The van der Waals surface area contributed by atoms with Crippen molar-refractivity contribution >= 4 is 15.9 Å². The van der Waals surface area contributed by atoms with Crippen molar-refractivity contribution in [3.8, 4) is 0 Å². The van der Waals surface area contributed by atoms with Crippen LogP contribution < -0.4 is 0 Å². The highest BCUT2D eigenvalue weighted by molar-refractivity contribution is 7.89. The number of rotatable bonds is 5. The number of hydrogen-bond donors (Lipinski definition) is 0. The van der Waals surface area contributed by atoms with Gasteiger partial charge in [0.25, 0.3) is 0 Å². The van der Waals surface area contributed by atoms with Gasteiger partial charge in [0, 0.05) is 39.3 Å². The first-order valence-corrected chi connectivity index (χ1v) is 13.1. The van der Waals surface area contributed by atoms with Crippen LogP contribution in [0.1, 0.15) is 49.7 Å². The molecule has 2 aliphatic carbocycles. The monoisotopic (exact) mass is 431 g/mol. The molecule has 2 heterocycles. The molecule has 1 aromatic rings. The SMILES string of the molecule is O=C1[C@H](N2CCCN(S(=O)(=O)c3ccc4c(c3)CCCC4)CC2)CCN1CC1CC1. The Labute approximate surface area is 180 Å². The third-order valence-corrected chi connectivity index (χ3v) is 9.23. The summed E-state index contributed by atoms with van der Waals surface area (Å²) in [6.07, 6.45) is 8.54. The van der Waals surface area contributed by atoms with Crippen LogP contribution in [-0.4, -0.2) is 73.7 Å². The van der Waals surface area contributed by atoms with Crippen LogP contribution >= 0.6 is 0 Å². The van der Waals surface area contributed by atoms with E-state index in [9.17, 15) is 13.2 Å². The summed E-state index contributed by atoms with van der Waals surface area (Å²) < 4.78 is 28.3. The fraction of sp³-hybridized carbons (Fsp3) is 0.696. The summed E-state index contributed by atoms with van der Waals surface area (Å²) in [6.45, 7) is 4.20. The van der Waals surface area contributed by atoms with E-state index in [4.69, 9.17) is 0 Å². The highest BCUT2D eigenvalue weighted by Gasteiger charge is 2.39. The smallest absolute Gasteiger partial charge is 0.243 e. The number of aryl methyl sites for hydroxylation is 2. The molecular weight excluding hydrogens is 398 g/mol. The van der Waals surface area contributed by atoms with Gasteiger partial charge in [-0.3, -0.25) is 9.69 Å². The third-order valence-electron chi connectivity index (χ3n) is 7.33. The number of likely N-dealkylation sites (tertiary alicyclic amines) is 1. The number of sulfonamides is 1. The van der Waals surface area contributed by atoms with E-state index in [2.05, 4.69) is 4.90 Å². The van der Waals surface area contributed by atoms with E-state index in [0.717, 1.165) is 51.7 Å². The zero-order valence-corrected chi connectivity index (χ0v) is 18.6. The minimum atomic E-state index is -3.49. The second kappa shape index (κ2) is 8.24. The van der Waals surface area contributed by atoms with Gasteiger partial charge < -0.3 is 4.90 Å². The maximum atomic E-state index is 13.3. The molecule has 0 N–H and O–H groups in total. The average molecular weight is 432 g/mol. The van der Waals surface area contributed by atoms with E-state index in [1.165, 1.54) is 30.4 Å². The summed E-state index contributed by atoms with van der Waals surface area (Å²) in [6, 6.07) is 5.65. The lowest BCUT2D eigenvalue weighted by molar-refractivity contribution is -0.132. The molecule has 7 heteroatoms. The van der Waals surface area contributed by atoms with Crippen LogP contribution in [-0.2, 0) is 27.7 Å². The molecule has 1 atom stereocenters. The van der Waals surface area contributed by atoms with Crippen LogP contribution in [0.3, 0.4) is 0 Å². The van der Waals surface area contributed by atoms with Crippen molar-refractivity contribution in [2.45, 2.75) is 62.3 Å². The van der Waals surface area contributed by atoms with Gasteiger partial charge in [-0.2, -0.15) is 4.31 Å². The first-order chi connectivity index (χ1) is 14.5. The van der Waals surface area contributed by atoms with Gasteiger partial charge in [-0.25, -0.2) is 8.42 Å². The Morgan fingerprint density at radius 2 is 1.67 bits per heavy atom. The molecule has 0 spiro atoms. The number of nitrogens with zero attached hydrogens (tertiary/aromatic N) is 3. The fourth-order valence-corrected chi connectivity index (χ4v) is 6.86. The van der Waals surface area contributed by atoms with Crippen molar-refractivity contribution in [1.82, 2.24) is 14.1 Å². The van der Waals surface area contributed by atoms with Crippen molar-refractivity contribution in [3.63, 3.8) is 0 Å². The molecule has 164 valence electrons. The van der Waals surface area contributed by atoms with Crippen molar-refractivity contribution in [1.29, 1.82) is 0 Å². The molecule has 0 bridgehead atoms. The number of benzene rings is 1. The van der Waals surface area contributed by atoms with Crippen molar-refractivity contribution in [2.75, 3.05) is 39.3 Å². The quantitative estimate of drug-likeness (QED) is 0.718. The molecule has 6 nitrogen and oxygen atoms in total. The van der Waals surface area contributed by atoms with E-state index >= 15 is 0 Å². The molecule has 3 fully saturated rings. The molecule has 2 saturated heterocycles. The van der Waals surface area contributed by atoms with Gasteiger partial charge in [-0.1, -0.05) is 6.07 Å². The van der Waals surface area contributed by atoms with E-state index in [-0.39, 0.29) is 11.9 Å². The molecule has 0 aromatic heterocycles. The Morgan fingerprint density at radius 1 is 0.867 bits per heavy atom. The molecule has 1 saturated carbocycles. The van der Waals surface area contributed by atoms with Crippen LogP contribution in [0.5, 0.6) is 0 Å². The molecular formula is C23H33N3O3S. The van der Waals surface area contributed by atoms with Crippen molar-refractivity contribution in [2.24, 2.45) is 5.92 Å². The fourth-order valence-electron chi connectivity index (χ4n) is 5.34. The Kier molecular flexibility index (Phi) is 5.62. The van der Waals surface area contributed by atoms with Crippen LogP contribution in [0, 0.1) is 5.92 Å². The summed E-state index contributed by atoms with van der Waals surface area (Å²) >= 11 is 0. The van der Waals surface area contributed by atoms with Crippen molar-refractivity contribution in [3.05, 3.63) is 29.3 Å². The normalized spacial score (nSPS) is 26.6. The Morgan fingerprint density at radius 3 is 2.47 bits per heavy atom. The average Bonchev–Trinajstić information content (AvgIpc) is 3.54. The van der Waals surface area contributed by atoms with E-state index in [1.807, 2.05) is 17.0 Å². The summed E-state index contributed by atoms with van der Waals surface area (Å²) in [5.41, 5.74) is 2.50. The molecule has 2 aliphatic heterocycles. The molecule has 1 amide bonds. The van der Waals surface area contributed by atoms with E-state index in [0.29, 0.717) is 30.4 Å². The van der Waals surface area contributed by atoms with Gasteiger partial charge >= 0.3 is 0 Å². The molecule has 30 heavy (non-hydrogen) atoms. The molecule has 0 radical (unpaired) electrons. The number of fused-ring (bicyclic) bond motifs is 1. The molecule has 0 unspecified atom stereocenters. The maximum absolute atomic E-state index is 13.3. The van der Waals surface area contributed by atoms with Crippen LogP contribution in [0.4, 0.5) is 0 Å². The maximum Gasteiger partial charge on any atom is 0.243 e. The first-order valence-electron chi connectivity index (χ1n) is 11.7. The third kappa shape index (κ3) is 4.04. The Bertz CT molecular complexity index is 912. The van der Waals surface area contributed by atoms with Gasteiger partial charge in [0.05, 0.1) is 10.9 Å². The summed E-state index contributed by atoms with van der Waals surface area (Å²) in [5, 5.41) is 0. The lowest BCUT2D eigenvalue weighted by atomic mass is 9.92. The van der Waals surface area contributed by atoms with Crippen LogP contribution in [0.25, 0.3) is 0 Å². The van der Waals surface area contributed by atoms with Gasteiger partial charge in [-0.15, -0.1) is 0 Å². The molecule has 4 aliphatic rings. The van der Waals surface area contributed by atoms with E-state index in [1.54, 1.807) is 10.4 Å². The number of carbonyl (C=O) groups is 1. The zero-order valence-electron chi connectivity index (χ0n) is 17.8. The summed E-state index contributed by atoms with van der Waals surface area (Å²) in [5.74, 6) is 0.974. The molecule has 5 rings (SSSR count). The van der Waals surface area contributed by atoms with Gasteiger partial charge in [-0.05, 0) is 80.5 Å².